The van der Waals surface area contributed by atoms with Gasteiger partial charge in [-0.15, -0.1) is 0 Å². The first kappa shape index (κ1) is 17.9. The molecule has 0 unspecified atom stereocenters. The normalized spacial score (nSPS) is 11.7. The molecule has 126 valence electrons. The minimum Gasteiger partial charge on any atom is -0.302 e. The van der Waals surface area contributed by atoms with Crippen LogP contribution in [0.3, 0.4) is 0 Å². The van der Waals surface area contributed by atoms with Gasteiger partial charge in [0.2, 0.25) is 5.91 Å². The number of anilines is 1. The van der Waals surface area contributed by atoms with Crippen LogP contribution >= 0.6 is 11.3 Å². The molecule has 1 N–H and O–H groups in total. The van der Waals surface area contributed by atoms with Crippen molar-refractivity contribution in [2.24, 2.45) is 0 Å². The lowest BCUT2D eigenvalue weighted by atomic mass is 10.1. The van der Waals surface area contributed by atoms with Crippen LogP contribution in [0.15, 0.2) is 23.1 Å². The van der Waals surface area contributed by atoms with Gasteiger partial charge in [-0.25, -0.2) is 13.4 Å². The highest BCUT2D eigenvalue weighted by Crippen LogP contribution is 2.28. The van der Waals surface area contributed by atoms with E-state index in [2.05, 4.69) is 17.2 Å². The van der Waals surface area contributed by atoms with Gasteiger partial charge in [0.15, 0.2) is 15.0 Å². The zero-order valence-corrected chi connectivity index (χ0v) is 15.1. The van der Waals surface area contributed by atoms with Crippen molar-refractivity contribution in [3.63, 3.8) is 0 Å². The minimum atomic E-state index is -3.24. The summed E-state index contributed by atoms with van der Waals surface area (Å²) in [5, 5.41) is 3.32. The van der Waals surface area contributed by atoms with Crippen LogP contribution in [0.2, 0.25) is 0 Å². The van der Waals surface area contributed by atoms with Gasteiger partial charge >= 0.3 is 0 Å². The molecule has 0 atom stereocenters. The summed E-state index contributed by atoms with van der Waals surface area (Å²) in [5.74, 6) is -0.0381. The molecule has 5 nitrogen and oxygen atoms in total. The predicted molar refractivity (Wildman–Crippen MR) is 94.7 cm³/mol. The summed E-state index contributed by atoms with van der Waals surface area (Å²) in [4.78, 5) is 16.5. The lowest BCUT2D eigenvalue weighted by molar-refractivity contribution is -0.116. The van der Waals surface area contributed by atoms with Gasteiger partial charge in [-0.2, -0.15) is 0 Å². The summed E-state index contributed by atoms with van der Waals surface area (Å²) in [5.41, 5.74) is 0.695. The molecule has 0 radical (unpaired) electrons. The number of nitrogens with zero attached hydrogens (tertiary/aromatic N) is 1. The largest absolute Gasteiger partial charge is 0.302 e. The number of amides is 1. The molecule has 0 aliphatic rings. The maximum atomic E-state index is 11.9. The number of carbonyl (C=O) groups excluding carboxylic acids is 1. The first-order chi connectivity index (χ1) is 10.9. The second kappa shape index (κ2) is 7.88. The third-order valence-corrected chi connectivity index (χ3v) is 5.59. The fourth-order valence-corrected chi connectivity index (χ4v) is 3.90. The van der Waals surface area contributed by atoms with Gasteiger partial charge in [-0.1, -0.05) is 43.9 Å². The second-order valence-corrected chi connectivity index (χ2v) is 8.68. The number of sulfone groups is 1. The molecule has 0 fully saturated rings. The van der Waals surface area contributed by atoms with Crippen molar-refractivity contribution in [1.82, 2.24) is 4.98 Å². The van der Waals surface area contributed by atoms with E-state index in [4.69, 9.17) is 0 Å². The molecule has 1 aromatic carbocycles. The minimum absolute atomic E-state index is 0.0381. The number of fused-ring (bicyclic) bond motifs is 1. The van der Waals surface area contributed by atoms with Crippen LogP contribution in [-0.2, 0) is 14.6 Å². The zero-order valence-electron chi connectivity index (χ0n) is 13.5. The van der Waals surface area contributed by atoms with Crippen LogP contribution in [0, 0.1) is 0 Å². The van der Waals surface area contributed by atoms with E-state index in [0.717, 1.165) is 17.5 Å². The van der Waals surface area contributed by atoms with Gasteiger partial charge in [0.25, 0.3) is 0 Å². The fourth-order valence-electron chi connectivity index (χ4n) is 2.26. The van der Waals surface area contributed by atoms with E-state index < -0.39 is 9.84 Å². The summed E-state index contributed by atoms with van der Waals surface area (Å²) in [6.45, 7) is 2.16. The SMILES string of the molecule is CCCCCCCC(=O)Nc1nc2ccc(S(C)(=O)=O)cc2s1. The average Bonchev–Trinajstić information content (AvgIpc) is 2.87. The van der Waals surface area contributed by atoms with Crippen molar-refractivity contribution in [3.8, 4) is 0 Å². The molecule has 2 rings (SSSR count). The average molecular weight is 354 g/mol. The highest BCUT2D eigenvalue weighted by atomic mass is 32.2. The van der Waals surface area contributed by atoms with Crippen LogP contribution in [0.1, 0.15) is 45.4 Å². The monoisotopic (exact) mass is 354 g/mol. The molecule has 0 aliphatic heterocycles. The summed E-state index contributed by atoms with van der Waals surface area (Å²) in [7, 11) is -3.24. The Morgan fingerprint density at radius 1 is 1.22 bits per heavy atom. The van der Waals surface area contributed by atoms with Gasteiger partial charge in [0.05, 0.1) is 15.1 Å². The maximum absolute atomic E-state index is 11.9. The van der Waals surface area contributed by atoms with Crippen molar-refractivity contribution >= 4 is 42.4 Å². The fraction of sp³-hybridized carbons (Fsp3) is 0.500. The lowest BCUT2D eigenvalue weighted by Crippen LogP contribution is -2.10. The molecule has 0 saturated heterocycles. The molecular weight excluding hydrogens is 332 g/mol. The first-order valence-electron chi connectivity index (χ1n) is 7.80. The molecule has 2 aromatic rings. The van der Waals surface area contributed by atoms with Crippen molar-refractivity contribution in [1.29, 1.82) is 0 Å². The van der Waals surface area contributed by atoms with Crippen LogP contribution in [0.4, 0.5) is 5.13 Å². The second-order valence-electron chi connectivity index (χ2n) is 5.63. The Morgan fingerprint density at radius 3 is 2.65 bits per heavy atom. The van der Waals surface area contributed by atoms with Crippen molar-refractivity contribution in [2.75, 3.05) is 11.6 Å². The first-order valence-corrected chi connectivity index (χ1v) is 10.5. The Balaban J connectivity index is 1.97. The molecule has 0 spiro atoms. The van der Waals surface area contributed by atoms with Crippen LogP contribution in [0.5, 0.6) is 0 Å². The highest BCUT2D eigenvalue weighted by Gasteiger charge is 2.12. The van der Waals surface area contributed by atoms with Crippen LogP contribution < -0.4 is 5.32 Å². The maximum Gasteiger partial charge on any atom is 0.226 e. The van der Waals surface area contributed by atoms with Crippen molar-refractivity contribution in [3.05, 3.63) is 18.2 Å². The molecule has 1 aromatic heterocycles. The smallest absolute Gasteiger partial charge is 0.226 e. The molecular formula is C16H22N2O3S2. The molecule has 23 heavy (non-hydrogen) atoms. The van der Waals surface area contributed by atoms with E-state index in [1.54, 1.807) is 12.1 Å². The summed E-state index contributed by atoms with van der Waals surface area (Å²) in [6, 6.07) is 4.81. The van der Waals surface area contributed by atoms with E-state index >= 15 is 0 Å². The summed E-state index contributed by atoms with van der Waals surface area (Å²) in [6.07, 6.45) is 7.19. The van der Waals surface area contributed by atoms with E-state index in [0.29, 0.717) is 17.1 Å². The topological polar surface area (TPSA) is 76.1 Å². The van der Waals surface area contributed by atoms with E-state index in [1.807, 2.05) is 0 Å². The molecule has 0 bridgehead atoms. The number of rotatable bonds is 8. The number of aromatic nitrogens is 1. The quantitative estimate of drug-likeness (QED) is 0.727. The van der Waals surface area contributed by atoms with E-state index in [-0.39, 0.29) is 10.8 Å². The molecule has 1 amide bonds. The van der Waals surface area contributed by atoms with Gasteiger partial charge < -0.3 is 5.32 Å². The highest BCUT2D eigenvalue weighted by molar-refractivity contribution is 7.90. The zero-order chi connectivity index (χ0) is 16.9. The molecule has 1 heterocycles. The molecule has 0 aliphatic carbocycles. The van der Waals surface area contributed by atoms with Crippen molar-refractivity contribution < 1.29 is 13.2 Å². The Bertz CT molecular complexity index is 782. The number of benzene rings is 1. The number of carbonyl (C=O) groups is 1. The summed E-state index contributed by atoms with van der Waals surface area (Å²) >= 11 is 1.30. The van der Waals surface area contributed by atoms with Crippen molar-refractivity contribution in [2.45, 2.75) is 50.3 Å². The number of thiazole rings is 1. The number of unbranched alkanes of at least 4 members (excludes halogenated alkanes) is 4. The van der Waals surface area contributed by atoms with Gasteiger partial charge in [0, 0.05) is 12.7 Å². The van der Waals surface area contributed by atoms with Gasteiger partial charge in [-0.05, 0) is 24.6 Å². The third kappa shape index (κ3) is 5.28. The molecule has 0 saturated carbocycles. The Morgan fingerprint density at radius 2 is 1.96 bits per heavy atom. The Hall–Kier alpha value is -1.47. The predicted octanol–water partition coefficient (Wildman–Crippen LogP) is 4.00. The van der Waals surface area contributed by atoms with E-state index in [1.165, 1.54) is 42.9 Å². The van der Waals surface area contributed by atoms with Gasteiger partial charge in [-0.3, -0.25) is 4.79 Å². The molecule has 7 heteroatoms. The Labute approximate surface area is 141 Å². The van der Waals surface area contributed by atoms with Crippen LogP contribution in [-0.4, -0.2) is 25.6 Å². The van der Waals surface area contributed by atoms with Crippen LogP contribution in [0.25, 0.3) is 10.2 Å². The summed E-state index contributed by atoms with van der Waals surface area (Å²) < 4.78 is 23.9. The number of hydrogen-bond donors (Lipinski definition) is 1. The standard InChI is InChI=1S/C16H22N2O3S2/c1-3-4-5-6-7-8-15(19)18-16-17-13-10-9-12(23(2,20)21)11-14(13)22-16/h9-11H,3-8H2,1-2H3,(H,17,18,19). The van der Waals surface area contributed by atoms with E-state index in [9.17, 15) is 13.2 Å². The Kier molecular flexibility index (Phi) is 6.12. The number of nitrogens with one attached hydrogen (secondary N) is 1. The lowest BCUT2D eigenvalue weighted by Gasteiger charge is -2.01. The van der Waals surface area contributed by atoms with Gasteiger partial charge in [0.1, 0.15) is 0 Å². The third-order valence-electron chi connectivity index (χ3n) is 3.54. The number of hydrogen-bond acceptors (Lipinski definition) is 5.